The molecular weight excluding hydrogens is 255 g/mol. The van der Waals surface area contributed by atoms with Crippen molar-refractivity contribution in [1.29, 1.82) is 0 Å². The van der Waals surface area contributed by atoms with Gasteiger partial charge in [0.25, 0.3) is 5.69 Å². The van der Waals surface area contributed by atoms with Gasteiger partial charge in [0.2, 0.25) is 0 Å². The number of halogens is 1. The van der Waals surface area contributed by atoms with Crippen LogP contribution in [-0.4, -0.2) is 24.0 Å². The van der Waals surface area contributed by atoms with Gasteiger partial charge in [-0.15, -0.1) is 0 Å². The van der Waals surface area contributed by atoms with E-state index in [0.717, 1.165) is 12.1 Å². The van der Waals surface area contributed by atoms with E-state index >= 15 is 0 Å². The van der Waals surface area contributed by atoms with Gasteiger partial charge in [0.1, 0.15) is 11.5 Å². The topological polar surface area (TPSA) is 81.5 Å². The van der Waals surface area contributed by atoms with E-state index in [-0.39, 0.29) is 29.3 Å². The number of anilines is 1. The minimum Gasteiger partial charge on any atom is -0.469 e. The second-order valence-electron chi connectivity index (χ2n) is 4.45. The molecule has 6 nitrogen and oxygen atoms in total. The Labute approximate surface area is 108 Å². The quantitative estimate of drug-likeness (QED) is 0.513. The molecular formula is C12H13FN2O4. The maximum atomic E-state index is 13.0. The Balaban J connectivity index is 2.02. The Kier molecular flexibility index (Phi) is 3.64. The largest absolute Gasteiger partial charge is 0.469 e. The summed E-state index contributed by atoms with van der Waals surface area (Å²) in [6.07, 6.45) is 1.11. The summed E-state index contributed by atoms with van der Waals surface area (Å²) in [6.45, 7) is 0. The molecule has 2 rings (SSSR count). The van der Waals surface area contributed by atoms with Gasteiger partial charge in [-0.1, -0.05) is 0 Å². The highest BCUT2D eigenvalue weighted by Crippen LogP contribution is 2.34. The van der Waals surface area contributed by atoms with Crippen LogP contribution in [0.4, 0.5) is 15.8 Å². The number of benzene rings is 1. The highest BCUT2D eigenvalue weighted by atomic mass is 19.1. The molecule has 0 spiro atoms. The Bertz CT molecular complexity index is 514. The van der Waals surface area contributed by atoms with Crippen LogP contribution in [0, 0.1) is 21.8 Å². The van der Waals surface area contributed by atoms with Crippen LogP contribution < -0.4 is 5.32 Å². The van der Waals surface area contributed by atoms with Gasteiger partial charge >= 0.3 is 5.97 Å². The summed E-state index contributed by atoms with van der Waals surface area (Å²) >= 11 is 0. The molecule has 0 amide bonds. The summed E-state index contributed by atoms with van der Waals surface area (Å²) in [4.78, 5) is 21.4. The first-order valence-corrected chi connectivity index (χ1v) is 5.79. The standard InChI is InChI=1S/C12H13FN2O4/c1-19-12(16)7-4-9(5-7)14-10-3-2-8(13)6-11(10)15(17)18/h2-3,6-7,9,14H,4-5H2,1H3/t7-,9-. The van der Waals surface area contributed by atoms with Crippen LogP contribution in [0.15, 0.2) is 18.2 Å². The zero-order valence-electron chi connectivity index (χ0n) is 10.3. The van der Waals surface area contributed by atoms with E-state index in [9.17, 15) is 19.3 Å². The van der Waals surface area contributed by atoms with Crippen molar-refractivity contribution in [2.24, 2.45) is 5.92 Å². The van der Waals surface area contributed by atoms with Crippen molar-refractivity contribution in [1.82, 2.24) is 0 Å². The number of carbonyl (C=O) groups excluding carboxylic acids is 1. The summed E-state index contributed by atoms with van der Waals surface area (Å²) in [6, 6.07) is 3.33. The normalized spacial score (nSPS) is 21.4. The van der Waals surface area contributed by atoms with Gasteiger partial charge in [-0.3, -0.25) is 14.9 Å². The maximum absolute atomic E-state index is 13.0. The number of carbonyl (C=O) groups is 1. The predicted octanol–water partition coefficient (Wildman–Crippen LogP) is 2.10. The number of esters is 1. The number of nitro groups is 1. The summed E-state index contributed by atoms with van der Waals surface area (Å²) < 4.78 is 17.6. The van der Waals surface area contributed by atoms with E-state index in [1.165, 1.54) is 13.2 Å². The molecule has 0 heterocycles. The fraction of sp³-hybridized carbons (Fsp3) is 0.417. The molecule has 7 heteroatoms. The Morgan fingerprint density at radius 2 is 2.21 bits per heavy atom. The van der Waals surface area contributed by atoms with Crippen LogP contribution >= 0.6 is 0 Å². The van der Waals surface area contributed by atoms with Crippen LogP contribution in [0.25, 0.3) is 0 Å². The summed E-state index contributed by atoms with van der Waals surface area (Å²) in [5.74, 6) is -1.09. The number of hydrogen-bond acceptors (Lipinski definition) is 5. The van der Waals surface area contributed by atoms with E-state index in [0.29, 0.717) is 12.8 Å². The molecule has 1 fully saturated rings. The summed E-state index contributed by atoms with van der Waals surface area (Å²) in [5.41, 5.74) is -0.0405. The number of nitrogens with zero attached hydrogens (tertiary/aromatic N) is 1. The Morgan fingerprint density at radius 3 is 2.79 bits per heavy atom. The number of hydrogen-bond donors (Lipinski definition) is 1. The molecule has 1 N–H and O–H groups in total. The lowest BCUT2D eigenvalue weighted by Gasteiger charge is -2.34. The van der Waals surface area contributed by atoms with Crippen molar-refractivity contribution in [2.75, 3.05) is 12.4 Å². The van der Waals surface area contributed by atoms with E-state index in [1.54, 1.807) is 0 Å². The van der Waals surface area contributed by atoms with Crippen LogP contribution in [-0.2, 0) is 9.53 Å². The lowest BCUT2D eigenvalue weighted by atomic mass is 9.80. The predicted molar refractivity (Wildman–Crippen MR) is 65.2 cm³/mol. The van der Waals surface area contributed by atoms with Crippen molar-refractivity contribution >= 4 is 17.3 Å². The average Bonchev–Trinajstić information content (AvgIpc) is 2.33. The third kappa shape index (κ3) is 2.81. The minimum absolute atomic E-state index is 0.0340. The van der Waals surface area contributed by atoms with E-state index < -0.39 is 10.7 Å². The van der Waals surface area contributed by atoms with Gasteiger partial charge in [0, 0.05) is 6.04 Å². The van der Waals surface area contributed by atoms with Crippen molar-refractivity contribution in [3.8, 4) is 0 Å². The summed E-state index contributed by atoms with van der Waals surface area (Å²) in [7, 11) is 1.33. The van der Waals surface area contributed by atoms with E-state index in [2.05, 4.69) is 10.1 Å². The molecule has 1 saturated carbocycles. The molecule has 1 aromatic rings. The number of nitro benzene ring substituents is 1. The smallest absolute Gasteiger partial charge is 0.308 e. The summed E-state index contributed by atoms with van der Waals surface area (Å²) in [5, 5.41) is 13.8. The lowest BCUT2D eigenvalue weighted by Crippen LogP contribution is -2.40. The van der Waals surface area contributed by atoms with Gasteiger partial charge in [0.15, 0.2) is 0 Å². The molecule has 0 aliphatic heterocycles. The molecule has 1 aliphatic carbocycles. The van der Waals surface area contributed by atoms with Crippen molar-refractivity contribution < 1.29 is 18.8 Å². The number of methoxy groups -OCH3 is 1. The first kappa shape index (κ1) is 13.3. The lowest BCUT2D eigenvalue weighted by molar-refractivity contribution is -0.384. The molecule has 0 radical (unpaired) electrons. The van der Waals surface area contributed by atoms with E-state index in [1.807, 2.05) is 0 Å². The molecule has 1 aliphatic rings. The molecule has 19 heavy (non-hydrogen) atoms. The third-order valence-electron chi connectivity index (χ3n) is 3.19. The second-order valence-corrected chi connectivity index (χ2v) is 4.45. The SMILES string of the molecule is COC(=O)[C@H]1C[C@H](Nc2ccc(F)cc2[N+](=O)[O-])C1. The fourth-order valence-electron chi connectivity index (χ4n) is 2.09. The van der Waals surface area contributed by atoms with Crippen LogP contribution in [0.1, 0.15) is 12.8 Å². The molecule has 0 atom stereocenters. The van der Waals surface area contributed by atoms with Gasteiger partial charge in [-0.2, -0.15) is 0 Å². The molecule has 1 aromatic carbocycles. The molecule has 102 valence electrons. The highest BCUT2D eigenvalue weighted by Gasteiger charge is 2.36. The van der Waals surface area contributed by atoms with Gasteiger partial charge in [-0.05, 0) is 25.0 Å². The van der Waals surface area contributed by atoms with Gasteiger partial charge in [-0.25, -0.2) is 4.39 Å². The second kappa shape index (κ2) is 5.21. The zero-order chi connectivity index (χ0) is 14.0. The monoisotopic (exact) mass is 268 g/mol. The van der Waals surface area contributed by atoms with Crippen molar-refractivity contribution in [3.63, 3.8) is 0 Å². The van der Waals surface area contributed by atoms with E-state index in [4.69, 9.17) is 0 Å². The van der Waals surface area contributed by atoms with Crippen LogP contribution in [0.3, 0.4) is 0 Å². The number of rotatable bonds is 4. The number of nitrogens with one attached hydrogen (secondary N) is 1. The van der Waals surface area contributed by atoms with Crippen LogP contribution in [0.2, 0.25) is 0 Å². The molecule has 0 aromatic heterocycles. The molecule has 0 unspecified atom stereocenters. The molecule has 0 bridgehead atoms. The fourth-order valence-corrected chi connectivity index (χ4v) is 2.09. The average molecular weight is 268 g/mol. The first-order valence-electron chi connectivity index (χ1n) is 5.79. The van der Waals surface area contributed by atoms with Gasteiger partial charge in [0.05, 0.1) is 24.0 Å². The highest BCUT2D eigenvalue weighted by molar-refractivity contribution is 5.74. The van der Waals surface area contributed by atoms with Crippen molar-refractivity contribution in [3.05, 3.63) is 34.1 Å². The maximum Gasteiger partial charge on any atom is 0.308 e. The molecule has 0 saturated heterocycles. The minimum atomic E-state index is -0.654. The zero-order valence-corrected chi connectivity index (χ0v) is 10.3. The Morgan fingerprint density at radius 1 is 1.53 bits per heavy atom. The Hall–Kier alpha value is -2.18. The third-order valence-corrected chi connectivity index (χ3v) is 3.19. The number of ether oxygens (including phenoxy) is 1. The first-order chi connectivity index (χ1) is 9.01. The van der Waals surface area contributed by atoms with Crippen molar-refractivity contribution in [2.45, 2.75) is 18.9 Å². The van der Waals surface area contributed by atoms with Crippen LogP contribution in [0.5, 0.6) is 0 Å². The van der Waals surface area contributed by atoms with Gasteiger partial charge < -0.3 is 10.1 Å².